The fourth-order valence-electron chi connectivity index (χ4n) is 1.74. The smallest absolute Gasteiger partial charge is 0.271 e. The number of carbonyl (C=O) groups is 1. The Morgan fingerprint density at radius 3 is 2.43 bits per heavy atom. The van der Waals surface area contributed by atoms with Gasteiger partial charge in [-0.25, -0.2) is 9.82 Å². The van der Waals surface area contributed by atoms with Gasteiger partial charge in [0.25, 0.3) is 5.91 Å². The van der Waals surface area contributed by atoms with Gasteiger partial charge in [0, 0.05) is 5.56 Å². The number of amides is 1. The van der Waals surface area contributed by atoms with Crippen molar-refractivity contribution in [2.24, 2.45) is 11.0 Å². The van der Waals surface area contributed by atoms with Crippen molar-refractivity contribution in [2.75, 3.05) is 6.61 Å². The van der Waals surface area contributed by atoms with Gasteiger partial charge in [0.2, 0.25) is 0 Å². The van der Waals surface area contributed by atoms with Crippen LogP contribution < -0.4 is 10.2 Å². The lowest BCUT2D eigenvalue weighted by atomic mass is 10.2. The monoisotopic (exact) mass is 314 g/mol. The first-order valence-corrected chi connectivity index (χ1v) is 7.36. The van der Waals surface area contributed by atoms with E-state index in [4.69, 9.17) is 4.74 Å². The van der Waals surface area contributed by atoms with Crippen LogP contribution in [0.25, 0.3) is 0 Å². The van der Waals surface area contributed by atoms with Gasteiger partial charge in [-0.15, -0.1) is 0 Å². The number of benzene rings is 2. The molecule has 23 heavy (non-hydrogen) atoms. The van der Waals surface area contributed by atoms with Gasteiger partial charge in [-0.2, -0.15) is 5.10 Å². The van der Waals surface area contributed by atoms with Crippen LogP contribution in [-0.2, 0) is 0 Å². The molecular formula is C18H19FN2O2. The number of hydrogen-bond donors (Lipinski definition) is 1. The molecule has 0 aliphatic heterocycles. The molecule has 0 unspecified atom stereocenters. The van der Waals surface area contributed by atoms with Crippen molar-refractivity contribution in [1.82, 2.24) is 5.43 Å². The van der Waals surface area contributed by atoms with Gasteiger partial charge in [-0.3, -0.25) is 4.79 Å². The highest BCUT2D eigenvalue weighted by molar-refractivity contribution is 5.94. The average Bonchev–Trinajstić information content (AvgIpc) is 2.55. The van der Waals surface area contributed by atoms with Crippen LogP contribution in [0.5, 0.6) is 5.75 Å². The lowest BCUT2D eigenvalue weighted by molar-refractivity contribution is 0.0955. The first-order chi connectivity index (χ1) is 11.0. The van der Waals surface area contributed by atoms with Crippen molar-refractivity contribution in [2.45, 2.75) is 13.8 Å². The first kappa shape index (κ1) is 16.7. The standard InChI is InChI=1S/C18H19FN2O2/c1-13(2)12-23-17-9-5-15(6-10-17)18(22)21-20-11-14-3-7-16(19)8-4-14/h3-11,13H,12H2,1-2H3,(H,21,22)/b20-11+. The van der Waals surface area contributed by atoms with E-state index in [2.05, 4.69) is 24.4 Å². The van der Waals surface area contributed by atoms with E-state index in [9.17, 15) is 9.18 Å². The third-order valence-electron chi connectivity index (χ3n) is 2.95. The molecule has 0 aromatic heterocycles. The minimum atomic E-state index is -0.321. The molecule has 5 heteroatoms. The molecule has 2 aromatic carbocycles. The van der Waals surface area contributed by atoms with Crippen molar-refractivity contribution in [3.8, 4) is 5.75 Å². The van der Waals surface area contributed by atoms with E-state index in [1.807, 2.05) is 0 Å². The first-order valence-electron chi connectivity index (χ1n) is 7.36. The molecule has 0 bridgehead atoms. The summed E-state index contributed by atoms with van der Waals surface area (Å²) in [5.74, 6) is 0.536. The zero-order chi connectivity index (χ0) is 16.7. The summed E-state index contributed by atoms with van der Waals surface area (Å²) < 4.78 is 18.3. The summed E-state index contributed by atoms with van der Waals surface area (Å²) in [7, 11) is 0. The molecule has 0 saturated heterocycles. The maximum Gasteiger partial charge on any atom is 0.271 e. The van der Waals surface area contributed by atoms with Gasteiger partial charge in [0.1, 0.15) is 11.6 Å². The highest BCUT2D eigenvalue weighted by Gasteiger charge is 2.04. The van der Waals surface area contributed by atoms with E-state index in [1.165, 1.54) is 18.3 Å². The Morgan fingerprint density at radius 2 is 1.83 bits per heavy atom. The van der Waals surface area contributed by atoms with E-state index >= 15 is 0 Å². The number of hydrogen-bond acceptors (Lipinski definition) is 3. The summed E-state index contributed by atoms with van der Waals surface area (Å²) in [4.78, 5) is 11.9. The van der Waals surface area contributed by atoms with E-state index in [1.54, 1.807) is 36.4 Å². The van der Waals surface area contributed by atoms with Gasteiger partial charge >= 0.3 is 0 Å². The number of hydrazone groups is 1. The topological polar surface area (TPSA) is 50.7 Å². The average molecular weight is 314 g/mol. The highest BCUT2D eigenvalue weighted by Crippen LogP contribution is 2.13. The molecule has 4 nitrogen and oxygen atoms in total. The van der Waals surface area contributed by atoms with Crippen LogP contribution in [0.15, 0.2) is 53.6 Å². The van der Waals surface area contributed by atoms with Crippen molar-refractivity contribution < 1.29 is 13.9 Å². The van der Waals surface area contributed by atoms with Gasteiger partial charge in [0.05, 0.1) is 12.8 Å². The number of ether oxygens (including phenoxy) is 1. The highest BCUT2D eigenvalue weighted by atomic mass is 19.1. The summed E-state index contributed by atoms with van der Waals surface area (Å²) in [6, 6.07) is 12.7. The lowest BCUT2D eigenvalue weighted by Crippen LogP contribution is -2.17. The maximum absolute atomic E-state index is 12.8. The lowest BCUT2D eigenvalue weighted by Gasteiger charge is -2.08. The number of carbonyl (C=O) groups excluding carboxylic acids is 1. The summed E-state index contributed by atoms with van der Waals surface area (Å²) in [5.41, 5.74) is 3.61. The molecule has 1 N–H and O–H groups in total. The molecule has 0 aliphatic rings. The van der Waals surface area contributed by atoms with Crippen molar-refractivity contribution in [3.05, 3.63) is 65.5 Å². The fraction of sp³-hybridized carbons (Fsp3) is 0.222. The predicted octanol–water partition coefficient (Wildman–Crippen LogP) is 3.62. The molecule has 0 saturated carbocycles. The second-order valence-corrected chi connectivity index (χ2v) is 5.48. The summed E-state index contributed by atoms with van der Waals surface area (Å²) >= 11 is 0. The van der Waals surface area contributed by atoms with Crippen LogP contribution in [0.4, 0.5) is 4.39 Å². The minimum absolute atomic E-state index is 0.314. The summed E-state index contributed by atoms with van der Waals surface area (Å²) in [5, 5.41) is 3.85. The van der Waals surface area contributed by atoms with Gasteiger partial charge in [-0.1, -0.05) is 26.0 Å². The van der Waals surface area contributed by atoms with E-state index in [0.29, 0.717) is 23.7 Å². The number of nitrogens with zero attached hydrogens (tertiary/aromatic N) is 1. The van der Waals surface area contributed by atoms with Crippen LogP contribution in [0.1, 0.15) is 29.8 Å². The molecule has 0 radical (unpaired) electrons. The molecule has 0 heterocycles. The Bertz CT molecular complexity index is 664. The maximum atomic E-state index is 12.8. The van der Waals surface area contributed by atoms with Crippen LogP contribution in [0.3, 0.4) is 0 Å². The minimum Gasteiger partial charge on any atom is -0.493 e. The van der Waals surface area contributed by atoms with E-state index in [0.717, 1.165) is 5.75 Å². The Morgan fingerprint density at radius 1 is 1.17 bits per heavy atom. The Hall–Kier alpha value is -2.69. The Kier molecular flexibility index (Phi) is 5.86. The second kappa shape index (κ2) is 8.08. The molecule has 0 spiro atoms. The predicted molar refractivity (Wildman–Crippen MR) is 88.2 cm³/mol. The van der Waals surface area contributed by atoms with Crippen LogP contribution in [0, 0.1) is 11.7 Å². The molecule has 0 atom stereocenters. The SMILES string of the molecule is CC(C)COc1ccc(C(=O)N/N=C/c2ccc(F)cc2)cc1. The van der Waals surface area contributed by atoms with Crippen LogP contribution in [-0.4, -0.2) is 18.7 Å². The third-order valence-corrected chi connectivity index (χ3v) is 2.95. The molecule has 1 amide bonds. The molecule has 0 aliphatic carbocycles. The number of rotatable bonds is 6. The second-order valence-electron chi connectivity index (χ2n) is 5.48. The Balaban J connectivity index is 1.89. The van der Waals surface area contributed by atoms with Crippen LogP contribution >= 0.6 is 0 Å². The largest absolute Gasteiger partial charge is 0.493 e. The quantitative estimate of drug-likeness (QED) is 0.654. The Labute approximate surface area is 135 Å². The van der Waals surface area contributed by atoms with Crippen molar-refractivity contribution in [1.29, 1.82) is 0 Å². The van der Waals surface area contributed by atoms with E-state index < -0.39 is 0 Å². The van der Waals surface area contributed by atoms with Gasteiger partial charge in [-0.05, 0) is 47.9 Å². The zero-order valence-electron chi connectivity index (χ0n) is 13.1. The van der Waals surface area contributed by atoms with E-state index in [-0.39, 0.29) is 11.7 Å². The van der Waals surface area contributed by atoms with Crippen molar-refractivity contribution >= 4 is 12.1 Å². The molecule has 2 aromatic rings. The van der Waals surface area contributed by atoms with Crippen molar-refractivity contribution in [3.63, 3.8) is 0 Å². The number of halogens is 1. The normalized spacial score (nSPS) is 11.0. The summed E-state index contributed by atoms with van der Waals surface area (Å²) in [6.45, 7) is 4.77. The molecular weight excluding hydrogens is 295 g/mol. The molecule has 2 rings (SSSR count). The van der Waals surface area contributed by atoms with Crippen LogP contribution in [0.2, 0.25) is 0 Å². The molecule has 0 fully saturated rings. The molecule has 120 valence electrons. The van der Waals surface area contributed by atoms with Gasteiger partial charge < -0.3 is 4.74 Å². The van der Waals surface area contributed by atoms with Gasteiger partial charge in [0.15, 0.2) is 0 Å². The number of nitrogens with one attached hydrogen (secondary N) is 1. The third kappa shape index (κ3) is 5.54. The zero-order valence-corrected chi connectivity index (χ0v) is 13.1. The fourth-order valence-corrected chi connectivity index (χ4v) is 1.74. The summed E-state index contributed by atoms with van der Waals surface area (Å²) in [6.07, 6.45) is 1.46.